The number of halogens is 5. The van der Waals surface area contributed by atoms with Crippen molar-refractivity contribution < 1.29 is 4.79 Å². The van der Waals surface area contributed by atoms with Crippen molar-refractivity contribution in [2.45, 2.75) is 20.8 Å². The molecule has 0 aromatic heterocycles. The Morgan fingerprint density at radius 1 is 0.880 bits per heavy atom. The second kappa shape index (κ2) is 9.31. The number of carbonyl (C=O) groups is 1. The highest BCUT2D eigenvalue weighted by molar-refractivity contribution is 6.68. The van der Waals surface area contributed by atoms with Crippen molar-refractivity contribution in [1.82, 2.24) is 10.6 Å². The normalized spacial score (nSPS) is 14.2. The lowest BCUT2D eigenvalue weighted by Crippen LogP contribution is -2.55. The van der Waals surface area contributed by atoms with Crippen LogP contribution in [0.1, 0.15) is 22.0 Å². The molecule has 0 radical (unpaired) electrons. The minimum absolute atomic E-state index is 0.392. The predicted molar refractivity (Wildman–Crippen MR) is 106 cm³/mol. The van der Waals surface area contributed by atoms with E-state index in [0.717, 1.165) is 5.56 Å². The summed E-state index contributed by atoms with van der Waals surface area (Å²) >= 11 is 30.3. The van der Waals surface area contributed by atoms with E-state index in [4.69, 9.17) is 58.0 Å². The molecular formula is C17H15Cl5N2O. The maximum Gasteiger partial charge on any atom is 0.252 e. The van der Waals surface area contributed by atoms with Gasteiger partial charge in [0.15, 0.2) is 0 Å². The summed E-state index contributed by atoms with van der Waals surface area (Å²) in [5, 5.41) is 5.68. The van der Waals surface area contributed by atoms with Gasteiger partial charge in [-0.25, -0.2) is 0 Å². The molecule has 134 valence electrons. The first-order valence-electron chi connectivity index (χ1n) is 7.31. The Balaban J connectivity index is 2.21. The molecule has 2 N–H and O–H groups in total. The average molecular weight is 441 g/mol. The van der Waals surface area contributed by atoms with Crippen molar-refractivity contribution in [3.63, 3.8) is 0 Å². The van der Waals surface area contributed by atoms with Gasteiger partial charge in [-0.15, -0.1) is 23.2 Å². The van der Waals surface area contributed by atoms with Crippen molar-refractivity contribution in [2.75, 3.05) is 0 Å². The third kappa shape index (κ3) is 6.21. The Morgan fingerprint density at radius 3 is 1.88 bits per heavy atom. The SMILES string of the molecule is O=C(N[C@@H](N[C@H](c1ccccc1)C(Cl)Cl)C(Cl)(Cl)Cl)c1ccccc1. The average Bonchev–Trinajstić information content (AvgIpc) is 2.58. The van der Waals surface area contributed by atoms with Crippen molar-refractivity contribution in [3.05, 3.63) is 71.8 Å². The number of hydrogen-bond donors (Lipinski definition) is 2. The van der Waals surface area contributed by atoms with Crippen LogP contribution in [0, 0.1) is 0 Å². The van der Waals surface area contributed by atoms with Crippen LogP contribution in [0.3, 0.4) is 0 Å². The number of amides is 1. The molecule has 0 unspecified atom stereocenters. The van der Waals surface area contributed by atoms with E-state index in [0.29, 0.717) is 5.56 Å². The fraction of sp³-hybridized carbons (Fsp3) is 0.235. The molecule has 0 spiro atoms. The monoisotopic (exact) mass is 438 g/mol. The second-order valence-corrected chi connectivity index (χ2v) is 8.74. The lowest BCUT2D eigenvalue weighted by Gasteiger charge is -2.31. The molecule has 0 bridgehead atoms. The van der Waals surface area contributed by atoms with Crippen molar-refractivity contribution in [3.8, 4) is 0 Å². The fourth-order valence-corrected chi connectivity index (χ4v) is 2.97. The number of alkyl halides is 5. The highest BCUT2D eigenvalue weighted by atomic mass is 35.6. The Hall–Kier alpha value is -0.680. The molecule has 2 aromatic carbocycles. The van der Waals surface area contributed by atoms with Gasteiger partial charge >= 0.3 is 0 Å². The van der Waals surface area contributed by atoms with E-state index in [1.165, 1.54) is 0 Å². The maximum atomic E-state index is 12.4. The predicted octanol–water partition coefficient (Wildman–Crippen LogP) is 5.25. The van der Waals surface area contributed by atoms with Gasteiger partial charge in [-0.2, -0.15) is 0 Å². The van der Waals surface area contributed by atoms with E-state index >= 15 is 0 Å². The smallest absolute Gasteiger partial charge is 0.252 e. The highest BCUT2D eigenvalue weighted by Gasteiger charge is 2.37. The molecule has 0 heterocycles. The molecule has 8 heteroatoms. The zero-order chi connectivity index (χ0) is 18.4. The van der Waals surface area contributed by atoms with Gasteiger partial charge in [-0.05, 0) is 17.7 Å². The molecular weight excluding hydrogens is 425 g/mol. The third-order valence-corrected chi connectivity index (χ3v) is 4.55. The van der Waals surface area contributed by atoms with Crippen LogP contribution in [0.4, 0.5) is 0 Å². The maximum absolute atomic E-state index is 12.4. The zero-order valence-electron chi connectivity index (χ0n) is 12.8. The van der Waals surface area contributed by atoms with Crippen LogP contribution in [0.5, 0.6) is 0 Å². The molecule has 1 amide bonds. The molecule has 0 aliphatic heterocycles. The number of benzene rings is 2. The largest absolute Gasteiger partial charge is 0.333 e. The van der Waals surface area contributed by atoms with Crippen molar-refractivity contribution in [2.24, 2.45) is 0 Å². The lowest BCUT2D eigenvalue weighted by molar-refractivity contribution is 0.0926. The van der Waals surface area contributed by atoms with Crippen LogP contribution >= 0.6 is 58.0 Å². The van der Waals surface area contributed by atoms with Crippen LogP contribution in [0.15, 0.2) is 60.7 Å². The summed E-state index contributed by atoms with van der Waals surface area (Å²) in [6, 6.07) is 17.3. The van der Waals surface area contributed by atoms with Crippen LogP contribution < -0.4 is 10.6 Å². The number of carbonyl (C=O) groups excluding carboxylic acids is 1. The minimum atomic E-state index is -1.82. The second-order valence-electron chi connectivity index (χ2n) is 5.20. The van der Waals surface area contributed by atoms with E-state index in [1.54, 1.807) is 30.3 Å². The summed E-state index contributed by atoms with van der Waals surface area (Å²) in [7, 11) is 0. The molecule has 0 saturated heterocycles. The summed E-state index contributed by atoms with van der Waals surface area (Å²) in [5.41, 5.74) is 1.24. The summed E-state index contributed by atoms with van der Waals surface area (Å²) in [6.45, 7) is 0. The first-order chi connectivity index (χ1) is 11.8. The molecule has 2 atom stereocenters. The fourth-order valence-electron chi connectivity index (χ4n) is 2.18. The molecule has 0 aliphatic rings. The molecule has 2 aromatic rings. The van der Waals surface area contributed by atoms with Gasteiger partial charge in [0.2, 0.25) is 3.79 Å². The van der Waals surface area contributed by atoms with E-state index < -0.39 is 26.7 Å². The summed E-state index contributed by atoms with van der Waals surface area (Å²) in [4.78, 5) is 11.6. The lowest BCUT2D eigenvalue weighted by atomic mass is 10.1. The van der Waals surface area contributed by atoms with Gasteiger partial charge in [-0.1, -0.05) is 83.3 Å². The first kappa shape index (κ1) is 20.6. The molecule has 3 nitrogen and oxygen atoms in total. The number of hydrogen-bond acceptors (Lipinski definition) is 2. The van der Waals surface area contributed by atoms with Gasteiger partial charge in [-0.3, -0.25) is 10.1 Å². The van der Waals surface area contributed by atoms with Crippen molar-refractivity contribution >= 4 is 63.9 Å². The van der Waals surface area contributed by atoms with Gasteiger partial charge < -0.3 is 5.32 Å². The topological polar surface area (TPSA) is 41.1 Å². The zero-order valence-corrected chi connectivity index (χ0v) is 16.6. The Bertz CT molecular complexity index is 676. The Morgan fingerprint density at radius 2 is 1.40 bits per heavy atom. The molecule has 2 rings (SSSR count). The van der Waals surface area contributed by atoms with Gasteiger partial charge in [0.05, 0.1) is 6.04 Å². The van der Waals surface area contributed by atoms with Gasteiger partial charge in [0, 0.05) is 5.56 Å². The Kier molecular flexibility index (Phi) is 7.68. The summed E-state index contributed by atoms with van der Waals surface area (Å²) < 4.78 is -1.82. The Labute approximate surface area is 171 Å². The summed E-state index contributed by atoms with van der Waals surface area (Å²) in [6.07, 6.45) is -1.02. The van der Waals surface area contributed by atoms with Gasteiger partial charge in [0.1, 0.15) is 11.0 Å². The summed E-state index contributed by atoms with van der Waals surface area (Å²) in [5.74, 6) is -0.392. The number of rotatable bonds is 6. The molecule has 25 heavy (non-hydrogen) atoms. The van der Waals surface area contributed by atoms with E-state index in [2.05, 4.69) is 10.6 Å². The van der Waals surface area contributed by atoms with Crippen LogP contribution in [0.25, 0.3) is 0 Å². The van der Waals surface area contributed by atoms with Crippen LogP contribution in [0.2, 0.25) is 0 Å². The molecule has 0 saturated carbocycles. The highest BCUT2D eigenvalue weighted by Crippen LogP contribution is 2.33. The first-order valence-corrected chi connectivity index (χ1v) is 9.31. The van der Waals surface area contributed by atoms with Gasteiger partial charge in [0.25, 0.3) is 5.91 Å². The van der Waals surface area contributed by atoms with Crippen molar-refractivity contribution in [1.29, 1.82) is 0 Å². The standard InChI is InChI=1S/C17H15Cl5N2O/c18-14(19)13(11-7-3-1-4-8-11)23-16(17(20,21)22)24-15(25)12-9-5-2-6-10-12/h1-10,13-14,16,23H,(H,24,25)/t13-,16-/m1/s1. The van der Waals surface area contributed by atoms with E-state index in [1.807, 2.05) is 30.3 Å². The minimum Gasteiger partial charge on any atom is -0.333 e. The van der Waals surface area contributed by atoms with Crippen LogP contribution in [-0.2, 0) is 0 Å². The third-order valence-electron chi connectivity index (χ3n) is 3.40. The molecule has 0 aliphatic carbocycles. The molecule has 0 fully saturated rings. The van der Waals surface area contributed by atoms with E-state index in [9.17, 15) is 4.79 Å². The quantitative estimate of drug-likeness (QED) is 0.476. The van der Waals surface area contributed by atoms with Crippen LogP contribution in [-0.4, -0.2) is 20.7 Å². The number of nitrogens with one attached hydrogen (secondary N) is 2. The van der Waals surface area contributed by atoms with E-state index in [-0.39, 0.29) is 0 Å².